The van der Waals surface area contributed by atoms with Gasteiger partial charge in [0.1, 0.15) is 17.3 Å². The zero-order valence-corrected chi connectivity index (χ0v) is 10.7. The smallest absolute Gasteiger partial charge is 0.162 e. The molecule has 2 aromatic carbocycles. The number of hydrogen-bond donors (Lipinski definition) is 1. The van der Waals surface area contributed by atoms with E-state index in [1.807, 2.05) is 0 Å². The molecule has 0 unspecified atom stereocenters. The Morgan fingerprint density at radius 1 is 1.21 bits per heavy atom. The number of ketones is 1. The van der Waals surface area contributed by atoms with E-state index in [-0.39, 0.29) is 11.6 Å². The van der Waals surface area contributed by atoms with Crippen LogP contribution in [-0.4, -0.2) is 5.78 Å². The van der Waals surface area contributed by atoms with E-state index in [2.05, 4.69) is 0 Å². The van der Waals surface area contributed by atoms with Gasteiger partial charge in [0.25, 0.3) is 0 Å². The minimum Gasteiger partial charge on any atom is -0.457 e. The van der Waals surface area contributed by atoms with Crippen LogP contribution < -0.4 is 10.5 Å². The Balaban J connectivity index is 2.33. The molecule has 0 saturated heterocycles. The lowest BCUT2D eigenvalue weighted by atomic mass is 10.1. The van der Waals surface area contributed by atoms with Crippen molar-refractivity contribution in [1.82, 2.24) is 0 Å². The fourth-order valence-electron chi connectivity index (χ4n) is 1.76. The number of anilines is 1. The highest BCUT2D eigenvalue weighted by molar-refractivity contribution is 5.99. The van der Waals surface area contributed by atoms with Gasteiger partial charge < -0.3 is 10.5 Å². The summed E-state index contributed by atoms with van der Waals surface area (Å²) in [5.74, 6) is 0.597. The second kappa shape index (κ2) is 5.10. The molecule has 0 aromatic heterocycles. The van der Waals surface area contributed by atoms with Gasteiger partial charge in [-0.3, -0.25) is 4.79 Å². The molecule has 19 heavy (non-hydrogen) atoms. The number of nitrogens with two attached hydrogens (primary N) is 1. The van der Waals surface area contributed by atoms with Crippen LogP contribution in [0.25, 0.3) is 0 Å². The topological polar surface area (TPSA) is 52.3 Å². The van der Waals surface area contributed by atoms with Crippen molar-refractivity contribution < 1.29 is 13.9 Å². The van der Waals surface area contributed by atoms with Gasteiger partial charge in [0.15, 0.2) is 5.78 Å². The molecule has 0 spiro atoms. The van der Waals surface area contributed by atoms with E-state index in [0.717, 1.165) is 0 Å². The lowest BCUT2D eigenvalue weighted by molar-refractivity contribution is 0.101. The van der Waals surface area contributed by atoms with Crippen LogP contribution in [0.15, 0.2) is 36.4 Å². The van der Waals surface area contributed by atoms with Gasteiger partial charge in [-0.2, -0.15) is 0 Å². The highest BCUT2D eigenvalue weighted by Crippen LogP contribution is 2.28. The van der Waals surface area contributed by atoms with E-state index in [4.69, 9.17) is 10.5 Å². The van der Waals surface area contributed by atoms with E-state index >= 15 is 0 Å². The van der Waals surface area contributed by atoms with Crippen molar-refractivity contribution in [1.29, 1.82) is 0 Å². The molecule has 0 saturated carbocycles. The molecule has 2 rings (SSSR count). The molecule has 0 heterocycles. The monoisotopic (exact) mass is 259 g/mol. The minimum absolute atomic E-state index is 0.126. The van der Waals surface area contributed by atoms with Crippen molar-refractivity contribution in [2.45, 2.75) is 13.8 Å². The Bertz CT molecular complexity index is 638. The molecule has 3 nitrogen and oxygen atoms in total. The van der Waals surface area contributed by atoms with Crippen molar-refractivity contribution in [3.8, 4) is 11.5 Å². The van der Waals surface area contributed by atoms with Crippen LogP contribution in [0, 0.1) is 12.7 Å². The van der Waals surface area contributed by atoms with Gasteiger partial charge in [-0.25, -0.2) is 4.39 Å². The predicted molar refractivity (Wildman–Crippen MR) is 72.1 cm³/mol. The summed E-state index contributed by atoms with van der Waals surface area (Å²) in [5, 5.41) is 0. The Hall–Kier alpha value is -2.36. The molecule has 0 aliphatic rings. The van der Waals surface area contributed by atoms with Crippen LogP contribution in [0.2, 0.25) is 0 Å². The molecule has 0 aliphatic heterocycles. The quantitative estimate of drug-likeness (QED) is 0.675. The van der Waals surface area contributed by atoms with Crippen molar-refractivity contribution >= 4 is 11.5 Å². The second-order valence-corrected chi connectivity index (χ2v) is 4.32. The molecule has 0 amide bonds. The average Bonchev–Trinajstić information content (AvgIpc) is 2.34. The molecule has 0 bridgehead atoms. The zero-order chi connectivity index (χ0) is 14.0. The number of halogens is 1. The summed E-state index contributed by atoms with van der Waals surface area (Å²) < 4.78 is 18.6. The normalized spacial score (nSPS) is 10.3. The van der Waals surface area contributed by atoms with Crippen molar-refractivity contribution in [2.24, 2.45) is 0 Å². The highest BCUT2D eigenvalue weighted by atomic mass is 19.1. The molecule has 98 valence electrons. The fourth-order valence-corrected chi connectivity index (χ4v) is 1.76. The zero-order valence-electron chi connectivity index (χ0n) is 10.7. The van der Waals surface area contributed by atoms with Gasteiger partial charge in [-0.1, -0.05) is 0 Å². The van der Waals surface area contributed by atoms with Gasteiger partial charge >= 0.3 is 0 Å². The SMILES string of the molecule is CC(=O)c1cc(Oc2ccc(F)cc2C)ccc1N. The number of carbonyl (C=O) groups excluding carboxylic acids is 1. The Kier molecular flexibility index (Phi) is 3.51. The second-order valence-electron chi connectivity index (χ2n) is 4.32. The van der Waals surface area contributed by atoms with Crippen molar-refractivity contribution in [2.75, 3.05) is 5.73 Å². The van der Waals surface area contributed by atoms with E-state index in [1.54, 1.807) is 31.2 Å². The number of benzene rings is 2. The van der Waals surface area contributed by atoms with E-state index < -0.39 is 0 Å². The van der Waals surface area contributed by atoms with Crippen LogP contribution in [0.3, 0.4) is 0 Å². The molecule has 0 radical (unpaired) electrons. The third-order valence-electron chi connectivity index (χ3n) is 2.77. The van der Waals surface area contributed by atoms with Crippen LogP contribution >= 0.6 is 0 Å². The Morgan fingerprint density at radius 2 is 1.95 bits per heavy atom. The lowest BCUT2D eigenvalue weighted by Crippen LogP contribution is -2.00. The first-order valence-corrected chi connectivity index (χ1v) is 5.82. The van der Waals surface area contributed by atoms with Crippen LogP contribution in [-0.2, 0) is 0 Å². The van der Waals surface area contributed by atoms with Crippen LogP contribution in [0.4, 0.5) is 10.1 Å². The first-order chi connectivity index (χ1) is 8.97. The molecule has 0 atom stereocenters. The molecular formula is C15H14FNO2. The van der Waals surface area contributed by atoms with Crippen molar-refractivity contribution in [3.05, 3.63) is 53.3 Å². The maximum Gasteiger partial charge on any atom is 0.162 e. The third-order valence-corrected chi connectivity index (χ3v) is 2.77. The molecular weight excluding hydrogens is 245 g/mol. The number of carbonyl (C=O) groups is 1. The first kappa shape index (κ1) is 13.1. The molecule has 4 heteroatoms. The summed E-state index contributed by atoms with van der Waals surface area (Å²) in [6.07, 6.45) is 0. The van der Waals surface area contributed by atoms with Crippen LogP contribution in [0.5, 0.6) is 11.5 Å². The predicted octanol–water partition coefficient (Wildman–Crippen LogP) is 3.71. The number of rotatable bonds is 3. The van der Waals surface area contributed by atoms with Gasteiger partial charge in [0, 0.05) is 11.3 Å². The van der Waals surface area contributed by atoms with E-state index in [1.165, 1.54) is 19.1 Å². The molecule has 0 aliphatic carbocycles. The van der Waals surface area contributed by atoms with Gasteiger partial charge in [0.2, 0.25) is 0 Å². The van der Waals surface area contributed by atoms with Gasteiger partial charge in [-0.05, 0) is 55.8 Å². The van der Waals surface area contributed by atoms with E-state index in [9.17, 15) is 9.18 Å². The largest absolute Gasteiger partial charge is 0.457 e. The first-order valence-electron chi connectivity index (χ1n) is 5.82. The maximum atomic E-state index is 13.0. The van der Waals surface area contributed by atoms with Crippen molar-refractivity contribution in [3.63, 3.8) is 0 Å². The Labute approximate surface area is 110 Å². The highest BCUT2D eigenvalue weighted by Gasteiger charge is 2.08. The number of ether oxygens (including phenoxy) is 1. The van der Waals surface area contributed by atoms with E-state index in [0.29, 0.717) is 28.3 Å². The summed E-state index contributed by atoms with van der Waals surface area (Å²) in [6, 6.07) is 9.13. The minimum atomic E-state index is -0.313. The molecule has 0 fully saturated rings. The van der Waals surface area contributed by atoms with Crippen LogP contribution in [0.1, 0.15) is 22.8 Å². The third kappa shape index (κ3) is 2.91. The number of hydrogen-bond acceptors (Lipinski definition) is 3. The average molecular weight is 259 g/mol. The standard InChI is InChI=1S/C15H14FNO2/c1-9-7-11(16)3-6-15(9)19-12-4-5-14(17)13(8-12)10(2)18/h3-8H,17H2,1-2H3. The summed E-state index contributed by atoms with van der Waals surface area (Å²) >= 11 is 0. The summed E-state index contributed by atoms with van der Waals surface area (Å²) in [5.41, 5.74) is 7.22. The fraction of sp³-hybridized carbons (Fsp3) is 0.133. The summed E-state index contributed by atoms with van der Waals surface area (Å²) in [7, 11) is 0. The summed E-state index contributed by atoms with van der Waals surface area (Å²) in [6.45, 7) is 3.19. The maximum absolute atomic E-state index is 13.0. The van der Waals surface area contributed by atoms with Gasteiger partial charge in [0.05, 0.1) is 0 Å². The number of nitrogen functional groups attached to an aromatic ring is 1. The Morgan fingerprint density at radius 3 is 2.58 bits per heavy atom. The van der Waals surface area contributed by atoms with Gasteiger partial charge in [-0.15, -0.1) is 0 Å². The summed E-state index contributed by atoms with van der Waals surface area (Å²) in [4.78, 5) is 11.4. The molecule has 2 N–H and O–H groups in total. The lowest BCUT2D eigenvalue weighted by Gasteiger charge is -2.10. The molecule has 2 aromatic rings. The number of aryl methyl sites for hydroxylation is 1. The number of Topliss-reactive ketones (excluding diaryl/α,β-unsaturated/α-hetero) is 1.